The molecule has 2 heterocycles. The zero-order chi connectivity index (χ0) is 6.97. The maximum absolute atomic E-state index is 2.22. The molecule has 1 nitrogen and oxygen atoms in total. The van der Waals surface area contributed by atoms with Gasteiger partial charge in [0.2, 0.25) is 5.03 Å². The Hall–Kier alpha value is -0.500. The Morgan fingerprint density at radius 1 is 1.60 bits per heavy atom. The number of fused-ring (bicyclic) bond motifs is 1. The van der Waals surface area contributed by atoms with Gasteiger partial charge in [-0.3, -0.25) is 0 Å². The van der Waals surface area contributed by atoms with Gasteiger partial charge in [0.1, 0.15) is 7.05 Å². The van der Waals surface area contributed by atoms with E-state index in [4.69, 9.17) is 0 Å². The summed E-state index contributed by atoms with van der Waals surface area (Å²) in [7, 11) is 2.11. The lowest BCUT2D eigenvalue weighted by molar-refractivity contribution is -0.709. The van der Waals surface area contributed by atoms with Crippen LogP contribution < -0.4 is 4.57 Å². The first-order chi connectivity index (χ1) is 4.88. The van der Waals surface area contributed by atoms with Crippen molar-refractivity contribution in [2.45, 2.75) is 11.4 Å². The largest absolute Gasteiger partial charge is 0.243 e. The minimum Gasteiger partial charge on any atom is -0.196 e. The van der Waals surface area contributed by atoms with Crippen LogP contribution in [0, 0.1) is 0 Å². The van der Waals surface area contributed by atoms with Gasteiger partial charge in [-0.05, 0) is 12.5 Å². The third-order valence-corrected chi connectivity index (χ3v) is 3.04. The normalized spacial score (nSPS) is 15.3. The van der Waals surface area contributed by atoms with Crippen molar-refractivity contribution >= 4 is 11.8 Å². The summed E-state index contributed by atoms with van der Waals surface area (Å²) in [4.78, 5) is 0. The molecule has 0 unspecified atom stereocenters. The van der Waals surface area contributed by atoms with Crippen molar-refractivity contribution in [2.24, 2.45) is 7.05 Å². The van der Waals surface area contributed by atoms with E-state index in [0.29, 0.717) is 0 Å². The third-order valence-electron chi connectivity index (χ3n) is 1.81. The average Bonchev–Trinajstić information content (AvgIpc) is 2.36. The Morgan fingerprint density at radius 3 is 3.30 bits per heavy atom. The zero-order valence-corrected chi connectivity index (χ0v) is 6.82. The third kappa shape index (κ3) is 0.833. The highest BCUT2D eigenvalue weighted by Crippen LogP contribution is 2.26. The molecule has 0 saturated heterocycles. The van der Waals surface area contributed by atoms with Crippen LogP contribution in [-0.4, -0.2) is 5.75 Å². The van der Waals surface area contributed by atoms with Gasteiger partial charge in [0, 0.05) is 17.4 Å². The van der Waals surface area contributed by atoms with Crippen molar-refractivity contribution in [1.82, 2.24) is 0 Å². The number of thioether (sulfide) groups is 1. The molecule has 0 spiro atoms. The van der Waals surface area contributed by atoms with Crippen LogP contribution in [0.25, 0.3) is 0 Å². The van der Waals surface area contributed by atoms with E-state index in [0.717, 1.165) is 0 Å². The number of hydrogen-bond donors (Lipinski definition) is 0. The predicted octanol–water partition coefficient (Wildman–Crippen LogP) is 1.16. The molecule has 0 aromatic carbocycles. The van der Waals surface area contributed by atoms with Crippen molar-refractivity contribution in [1.29, 1.82) is 0 Å². The maximum atomic E-state index is 2.22. The summed E-state index contributed by atoms with van der Waals surface area (Å²) in [5.41, 5.74) is 1.51. The van der Waals surface area contributed by atoms with E-state index >= 15 is 0 Å². The molecule has 0 radical (unpaired) electrons. The molecule has 1 aliphatic rings. The van der Waals surface area contributed by atoms with E-state index in [1.807, 2.05) is 11.8 Å². The molecular formula is C8H10NS+. The van der Waals surface area contributed by atoms with E-state index < -0.39 is 0 Å². The molecule has 0 fully saturated rings. The summed E-state index contributed by atoms with van der Waals surface area (Å²) < 4.78 is 2.20. The molecule has 0 amide bonds. The van der Waals surface area contributed by atoms with Crippen LogP contribution in [0.3, 0.4) is 0 Å². The first-order valence-corrected chi connectivity index (χ1v) is 4.47. The minimum absolute atomic E-state index is 1.24. The van der Waals surface area contributed by atoms with Crippen molar-refractivity contribution in [3.8, 4) is 0 Å². The van der Waals surface area contributed by atoms with Crippen LogP contribution in [0.15, 0.2) is 23.4 Å². The number of aromatic nitrogens is 1. The molecular weight excluding hydrogens is 142 g/mol. The minimum atomic E-state index is 1.24. The topological polar surface area (TPSA) is 3.88 Å². The lowest BCUT2D eigenvalue weighted by Crippen LogP contribution is -2.30. The van der Waals surface area contributed by atoms with Gasteiger partial charge in [-0.25, -0.2) is 0 Å². The number of rotatable bonds is 0. The monoisotopic (exact) mass is 152 g/mol. The van der Waals surface area contributed by atoms with E-state index in [-0.39, 0.29) is 0 Å². The van der Waals surface area contributed by atoms with Crippen LogP contribution in [0.5, 0.6) is 0 Å². The second-order valence-corrected chi connectivity index (χ2v) is 3.63. The molecule has 0 aliphatic carbocycles. The first kappa shape index (κ1) is 6.23. The molecule has 1 aromatic heterocycles. The lowest BCUT2D eigenvalue weighted by atomic mass is 10.2. The van der Waals surface area contributed by atoms with Crippen molar-refractivity contribution < 1.29 is 4.57 Å². The fourth-order valence-electron chi connectivity index (χ4n) is 1.30. The fourth-order valence-corrected chi connectivity index (χ4v) is 2.43. The van der Waals surface area contributed by atoms with E-state index in [1.165, 1.54) is 22.8 Å². The predicted molar refractivity (Wildman–Crippen MR) is 42.0 cm³/mol. The Morgan fingerprint density at radius 2 is 2.50 bits per heavy atom. The molecule has 1 aromatic rings. The van der Waals surface area contributed by atoms with Crippen molar-refractivity contribution in [2.75, 3.05) is 5.75 Å². The van der Waals surface area contributed by atoms with Crippen LogP contribution in [0.4, 0.5) is 0 Å². The van der Waals surface area contributed by atoms with Gasteiger partial charge in [-0.15, -0.1) is 0 Å². The summed E-state index contributed by atoms with van der Waals surface area (Å²) in [5, 5.41) is 1.45. The first-order valence-electron chi connectivity index (χ1n) is 3.48. The quantitative estimate of drug-likeness (QED) is 0.504. The maximum Gasteiger partial charge on any atom is 0.243 e. The Balaban J connectivity index is 2.59. The molecule has 0 atom stereocenters. The molecule has 0 saturated carbocycles. The Bertz CT molecular complexity index is 257. The second kappa shape index (κ2) is 2.27. The van der Waals surface area contributed by atoms with Crippen LogP contribution >= 0.6 is 11.8 Å². The molecule has 10 heavy (non-hydrogen) atoms. The summed E-state index contributed by atoms with van der Waals surface area (Å²) >= 11 is 1.96. The van der Waals surface area contributed by atoms with Crippen molar-refractivity contribution in [3.05, 3.63) is 23.9 Å². The number of hydrogen-bond acceptors (Lipinski definition) is 1. The second-order valence-electron chi connectivity index (χ2n) is 2.55. The molecule has 0 N–H and O–H groups in total. The van der Waals surface area contributed by atoms with Crippen LogP contribution in [-0.2, 0) is 13.5 Å². The van der Waals surface area contributed by atoms with Gasteiger partial charge in [-0.1, -0.05) is 11.8 Å². The Labute approximate surface area is 65.1 Å². The van der Waals surface area contributed by atoms with Gasteiger partial charge >= 0.3 is 0 Å². The summed E-state index contributed by atoms with van der Waals surface area (Å²) in [6, 6.07) is 4.33. The number of aryl methyl sites for hydroxylation is 2. The number of nitrogens with zero attached hydrogens (tertiary/aromatic N) is 1. The molecule has 0 bridgehead atoms. The summed E-state index contributed by atoms with van der Waals surface area (Å²) in [5.74, 6) is 1.26. The smallest absolute Gasteiger partial charge is 0.196 e. The zero-order valence-electron chi connectivity index (χ0n) is 6.00. The highest BCUT2D eigenvalue weighted by molar-refractivity contribution is 7.99. The molecule has 2 rings (SSSR count). The van der Waals surface area contributed by atoms with Crippen LogP contribution in [0.2, 0.25) is 0 Å². The van der Waals surface area contributed by atoms with E-state index in [2.05, 4.69) is 29.9 Å². The Kier molecular flexibility index (Phi) is 1.42. The van der Waals surface area contributed by atoms with Gasteiger partial charge in [-0.2, -0.15) is 4.57 Å². The molecule has 52 valence electrons. The highest BCUT2D eigenvalue weighted by Gasteiger charge is 2.18. The van der Waals surface area contributed by atoms with Gasteiger partial charge in [0.15, 0.2) is 6.20 Å². The van der Waals surface area contributed by atoms with Gasteiger partial charge in [0.25, 0.3) is 0 Å². The molecule has 2 heteroatoms. The molecule has 1 aliphatic heterocycles. The summed E-state index contributed by atoms with van der Waals surface area (Å²) in [6.07, 6.45) is 3.35. The lowest BCUT2D eigenvalue weighted by Gasteiger charge is -1.92. The SMILES string of the molecule is C[n+]1cccc2c1SCC2. The highest BCUT2D eigenvalue weighted by atomic mass is 32.2. The summed E-state index contributed by atoms with van der Waals surface area (Å²) in [6.45, 7) is 0. The standard InChI is InChI=1S/C8H10NS/c1-9-5-2-3-7-4-6-10-8(7)9/h2-3,5H,4,6H2,1H3/q+1. The van der Waals surface area contributed by atoms with Gasteiger partial charge < -0.3 is 0 Å². The van der Waals surface area contributed by atoms with Crippen LogP contribution in [0.1, 0.15) is 5.56 Å². The number of pyridine rings is 1. The van der Waals surface area contributed by atoms with Gasteiger partial charge in [0.05, 0.1) is 0 Å². The average molecular weight is 152 g/mol. The van der Waals surface area contributed by atoms with E-state index in [1.54, 1.807) is 0 Å². The fraction of sp³-hybridized carbons (Fsp3) is 0.375. The van der Waals surface area contributed by atoms with Crippen molar-refractivity contribution in [3.63, 3.8) is 0 Å². The van der Waals surface area contributed by atoms with E-state index in [9.17, 15) is 0 Å².